The van der Waals surface area contributed by atoms with E-state index in [1.165, 1.54) is 10.4 Å². The van der Waals surface area contributed by atoms with Crippen LogP contribution in [0.15, 0.2) is 41.8 Å². The number of quaternary nitrogens is 1. The van der Waals surface area contributed by atoms with E-state index in [2.05, 4.69) is 23.7 Å². The van der Waals surface area contributed by atoms with Crippen molar-refractivity contribution >= 4 is 28.8 Å². The first-order valence-electron chi connectivity index (χ1n) is 7.03. The first-order chi connectivity index (χ1) is 10.1. The number of nitrogens with one attached hydrogen (secondary N) is 1. The van der Waals surface area contributed by atoms with Gasteiger partial charge in [0, 0.05) is 22.0 Å². The third-order valence-electron chi connectivity index (χ3n) is 3.33. The lowest BCUT2D eigenvalue weighted by Crippen LogP contribution is -2.87. The number of amides is 1. The molecule has 0 aliphatic rings. The molecule has 21 heavy (non-hydrogen) atoms. The summed E-state index contributed by atoms with van der Waals surface area (Å²) in [5.74, 6) is 0.0763. The smallest absolute Gasteiger partial charge is 0.275 e. The van der Waals surface area contributed by atoms with Gasteiger partial charge in [0.1, 0.15) is 6.04 Å². The van der Waals surface area contributed by atoms with E-state index in [0.29, 0.717) is 13.1 Å². The Balaban J connectivity index is 1.67. The van der Waals surface area contributed by atoms with Crippen LogP contribution >= 0.6 is 22.9 Å². The van der Waals surface area contributed by atoms with Gasteiger partial charge in [-0.15, -0.1) is 11.3 Å². The van der Waals surface area contributed by atoms with Crippen LogP contribution in [0, 0.1) is 0 Å². The van der Waals surface area contributed by atoms with Gasteiger partial charge in [0.15, 0.2) is 6.54 Å². The monoisotopic (exact) mass is 323 g/mol. The summed E-state index contributed by atoms with van der Waals surface area (Å²) >= 11 is 7.59. The number of carbonyl (C=O) groups is 1. The third-order valence-corrected chi connectivity index (χ3v) is 4.51. The minimum Gasteiger partial charge on any atom is -0.351 e. The van der Waals surface area contributed by atoms with Gasteiger partial charge in [0.25, 0.3) is 5.91 Å². The van der Waals surface area contributed by atoms with Crippen molar-refractivity contribution in [3.63, 3.8) is 0 Å². The maximum atomic E-state index is 11.8. The Labute approximate surface area is 134 Å². The van der Waals surface area contributed by atoms with Gasteiger partial charge in [0.2, 0.25) is 0 Å². The average molecular weight is 324 g/mol. The average Bonchev–Trinajstić information content (AvgIpc) is 2.99. The maximum absolute atomic E-state index is 11.8. The van der Waals surface area contributed by atoms with Crippen LogP contribution in [0.3, 0.4) is 0 Å². The lowest BCUT2D eigenvalue weighted by molar-refractivity contribution is -0.682. The molecule has 1 aromatic heterocycles. The van der Waals surface area contributed by atoms with Crippen molar-refractivity contribution in [2.24, 2.45) is 0 Å². The molecule has 0 spiro atoms. The molecule has 2 rings (SSSR count). The highest BCUT2D eigenvalue weighted by Gasteiger charge is 2.11. The maximum Gasteiger partial charge on any atom is 0.275 e. The largest absolute Gasteiger partial charge is 0.351 e. The summed E-state index contributed by atoms with van der Waals surface area (Å²) in [7, 11) is 0. The van der Waals surface area contributed by atoms with Crippen molar-refractivity contribution in [1.82, 2.24) is 5.32 Å². The van der Waals surface area contributed by atoms with E-state index in [1.54, 1.807) is 11.3 Å². The number of nitrogens with two attached hydrogens (primary N) is 1. The fraction of sp³-hybridized carbons (Fsp3) is 0.312. The molecule has 0 fully saturated rings. The van der Waals surface area contributed by atoms with Crippen molar-refractivity contribution in [3.05, 3.63) is 57.2 Å². The molecule has 0 saturated carbocycles. The molecule has 0 bridgehead atoms. The van der Waals surface area contributed by atoms with Crippen LogP contribution in [0.5, 0.6) is 0 Å². The number of benzene rings is 1. The summed E-state index contributed by atoms with van der Waals surface area (Å²) in [6.07, 6.45) is 0.899. The van der Waals surface area contributed by atoms with Crippen LogP contribution in [-0.2, 0) is 11.2 Å². The summed E-state index contributed by atoms with van der Waals surface area (Å²) in [5.41, 5.74) is 1.17. The Bertz CT molecular complexity index is 554. The van der Waals surface area contributed by atoms with Gasteiger partial charge in [-0.25, -0.2) is 0 Å². The van der Waals surface area contributed by atoms with Gasteiger partial charge in [-0.1, -0.05) is 29.8 Å². The number of hydrogen-bond donors (Lipinski definition) is 2. The zero-order chi connectivity index (χ0) is 15.1. The van der Waals surface area contributed by atoms with Crippen molar-refractivity contribution < 1.29 is 10.1 Å². The van der Waals surface area contributed by atoms with Crippen molar-refractivity contribution in [3.8, 4) is 0 Å². The molecular formula is C16H20ClN2OS+. The molecule has 0 aliphatic carbocycles. The quantitative estimate of drug-likeness (QED) is 0.807. The predicted octanol–water partition coefficient (Wildman–Crippen LogP) is 2.38. The van der Waals surface area contributed by atoms with Crippen LogP contribution in [0.4, 0.5) is 0 Å². The molecule has 0 radical (unpaired) electrons. The number of halogens is 1. The van der Waals surface area contributed by atoms with Crippen molar-refractivity contribution in [2.45, 2.75) is 19.4 Å². The Morgan fingerprint density at radius 3 is 2.76 bits per heavy atom. The molecule has 0 unspecified atom stereocenters. The predicted molar refractivity (Wildman–Crippen MR) is 87.7 cm³/mol. The normalized spacial score (nSPS) is 12.1. The fourth-order valence-corrected chi connectivity index (χ4v) is 2.87. The minimum atomic E-state index is 0.0763. The summed E-state index contributed by atoms with van der Waals surface area (Å²) in [6, 6.07) is 12.1. The van der Waals surface area contributed by atoms with Crippen LogP contribution < -0.4 is 10.6 Å². The summed E-state index contributed by atoms with van der Waals surface area (Å²) < 4.78 is 0. The minimum absolute atomic E-state index is 0.0763. The molecule has 112 valence electrons. The molecule has 0 aliphatic heterocycles. The lowest BCUT2D eigenvalue weighted by atomic mass is 10.1. The van der Waals surface area contributed by atoms with E-state index in [-0.39, 0.29) is 11.9 Å². The number of thiophene rings is 1. The highest BCUT2D eigenvalue weighted by Crippen LogP contribution is 2.13. The second-order valence-corrected chi connectivity index (χ2v) is 6.43. The van der Waals surface area contributed by atoms with Crippen LogP contribution in [0.25, 0.3) is 0 Å². The second-order valence-electron chi connectivity index (χ2n) is 4.96. The van der Waals surface area contributed by atoms with E-state index in [1.807, 2.05) is 35.6 Å². The number of hydrogen-bond acceptors (Lipinski definition) is 2. The highest BCUT2D eigenvalue weighted by molar-refractivity contribution is 7.09. The van der Waals surface area contributed by atoms with Crippen LogP contribution in [0.1, 0.15) is 23.4 Å². The standard InChI is InChI=1S/C16H19ClN2OS/c1-12(13-4-6-14(17)7-5-13)19-11-16(20)18-9-8-15-3-2-10-21-15/h2-7,10,12,19H,8-9,11H2,1H3,(H,18,20)/p+1/t12-/m1/s1. The van der Waals surface area contributed by atoms with Gasteiger partial charge in [-0.2, -0.15) is 0 Å². The zero-order valence-corrected chi connectivity index (χ0v) is 13.6. The lowest BCUT2D eigenvalue weighted by Gasteiger charge is -2.11. The topological polar surface area (TPSA) is 45.7 Å². The molecular weight excluding hydrogens is 304 g/mol. The van der Waals surface area contributed by atoms with E-state index in [4.69, 9.17) is 11.6 Å². The molecule has 0 saturated heterocycles. The number of rotatable bonds is 7. The molecule has 1 atom stereocenters. The van der Waals surface area contributed by atoms with Crippen molar-refractivity contribution in [2.75, 3.05) is 13.1 Å². The Morgan fingerprint density at radius 2 is 2.10 bits per heavy atom. The molecule has 3 N–H and O–H groups in total. The summed E-state index contributed by atoms with van der Waals surface area (Å²) in [4.78, 5) is 13.1. The SMILES string of the molecule is C[C@@H]([NH2+]CC(=O)NCCc1cccs1)c1ccc(Cl)cc1. The van der Waals surface area contributed by atoms with Gasteiger partial charge in [-0.3, -0.25) is 4.79 Å². The van der Waals surface area contributed by atoms with E-state index in [9.17, 15) is 4.79 Å². The van der Waals surface area contributed by atoms with E-state index < -0.39 is 0 Å². The summed E-state index contributed by atoms with van der Waals surface area (Å²) in [5, 5.41) is 7.77. The first-order valence-corrected chi connectivity index (χ1v) is 8.29. The highest BCUT2D eigenvalue weighted by atomic mass is 35.5. The second kappa shape index (κ2) is 8.17. The van der Waals surface area contributed by atoms with Gasteiger partial charge in [-0.05, 0) is 36.9 Å². The van der Waals surface area contributed by atoms with Gasteiger partial charge >= 0.3 is 0 Å². The fourth-order valence-electron chi connectivity index (χ4n) is 2.04. The first kappa shape index (κ1) is 16.0. The molecule has 3 nitrogen and oxygen atoms in total. The van der Waals surface area contributed by atoms with Crippen LogP contribution in [-0.4, -0.2) is 19.0 Å². The Kier molecular flexibility index (Phi) is 6.23. The van der Waals surface area contributed by atoms with Crippen molar-refractivity contribution in [1.29, 1.82) is 0 Å². The van der Waals surface area contributed by atoms with Gasteiger partial charge in [0.05, 0.1) is 0 Å². The molecule has 5 heteroatoms. The zero-order valence-electron chi connectivity index (χ0n) is 12.0. The number of carbonyl (C=O) groups excluding carboxylic acids is 1. The Hall–Kier alpha value is -1.36. The molecule has 2 aromatic rings. The molecule has 1 aromatic carbocycles. The van der Waals surface area contributed by atoms with E-state index in [0.717, 1.165) is 11.4 Å². The van der Waals surface area contributed by atoms with Crippen LogP contribution in [0.2, 0.25) is 5.02 Å². The third kappa shape index (κ3) is 5.50. The molecule has 1 heterocycles. The summed E-state index contributed by atoms with van der Waals surface area (Å²) in [6.45, 7) is 3.22. The molecule has 1 amide bonds. The van der Waals surface area contributed by atoms with E-state index >= 15 is 0 Å². The Morgan fingerprint density at radius 1 is 1.33 bits per heavy atom. The van der Waals surface area contributed by atoms with Gasteiger partial charge < -0.3 is 10.6 Å².